The minimum Gasteiger partial charge on any atom is -0.487 e. The van der Waals surface area contributed by atoms with E-state index in [1.54, 1.807) is 24.4 Å². The Bertz CT molecular complexity index is 709. The quantitative estimate of drug-likeness (QED) is 0.729. The number of hydrogen-bond donors (Lipinski definition) is 0. The highest BCUT2D eigenvalue weighted by atomic mass is 35.5. The van der Waals surface area contributed by atoms with E-state index in [4.69, 9.17) is 16.3 Å². The van der Waals surface area contributed by atoms with E-state index < -0.39 is 0 Å². The molecule has 0 bridgehead atoms. The Hall–Kier alpha value is -2.07. The molecular weight excluding hydrogens is 267 g/mol. The fourth-order valence-electron chi connectivity index (χ4n) is 1.82. The zero-order valence-corrected chi connectivity index (χ0v) is 10.6. The van der Waals surface area contributed by atoms with Crippen LogP contribution in [0, 0.1) is 5.82 Å². The number of benzene rings is 1. The Balaban J connectivity index is 1.82. The fraction of sp³-hybridized carbons (Fsp3) is 0.0714. The first-order chi connectivity index (χ1) is 9.24. The van der Waals surface area contributed by atoms with E-state index in [1.807, 2.05) is 16.7 Å². The van der Waals surface area contributed by atoms with Gasteiger partial charge < -0.3 is 4.74 Å². The Labute approximate surface area is 114 Å². The predicted octanol–water partition coefficient (Wildman–Crippen LogP) is 3.71. The first-order valence-corrected chi connectivity index (χ1v) is 6.10. The van der Waals surface area contributed by atoms with Crippen molar-refractivity contribution >= 4 is 17.2 Å². The van der Waals surface area contributed by atoms with Gasteiger partial charge >= 0.3 is 0 Å². The SMILES string of the molecule is Fc1ccc(OCc2cnc3c(Cl)cccn23)cc1. The van der Waals surface area contributed by atoms with E-state index in [9.17, 15) is 4.39 Å². The molecule has 0 amide bonds. The van der Waals surface area contributed by atoms with Gasteiger partial charge in [0.15, 0.2) is 5.65 Å². The maximum Gasteiger partial charge on any atom is 0.155 e. The molecule has 5 heteroatoms. The molecule has 2 heterocycles. The number of aromatic nitrogens is 2. The number of ether oxygens (including phenoxy) is 1. The molecule has 0 spiro atoms. The van der Waals surface area contributed by atoms with Gasteiger partial charge in [0.2, 0.25) is 0 Å². The monoisotopic (exact) mass is 276 g/mol. The van der Waals surface area contributed by atoms with Gasteiger partial charge in [-0.25, -0.2) is 9.37 Å². The van der Waals surface area contributed by atoms with Crippen molar-refractivity contribution in [3.05, 3.63) is 65.3 Å². The Morgan fingerprint density at radius 2 is 2.00 bits per heavy atom. The number of rotatable bonds is 3. The summed E-state index contributed by atoms with van der Waals surface area (Å²) in [5.74, 6) is 0.326. The van der Waals surface area contributed by atoms with Gasteiger partial charge in [0.1, 0.15) is 18.2 Å². The van der Waals surface area contributed by atoms with E-state index >= 15 is 0 Å². The van der Waals surface area contributed by atoms with Crippen LogP contribution in [0.25, 0.3) is 5.65 Å². The van der Waals surface area contributed by atoms with E-state index in [0.29, 0.717) is 23.0 Å². The molecule has 3 aromatic rings. The molecule has 0 aliphatic heterocycles. The molecule has 3 nitrogen and oxygen atoms in total. The van der Waals surface area contributed by atoms with E-state index in [1.165, 1.54) is 12.1 Å². The third-order valence-corrected chi connectivity index (χ3v) is 3.06. The summed E-state index contributed by atoms with van der Waals surface area (Å²) in [6, 6.07) is 9.53. The molecule has 0 atom stereocenters. The molecule has 96 valence electrons. The summed E-state index contributed by atoms with van der Waals surface area (Å²) in [6.45, 7) is 0.340. The van der Waals surface area contributed by atoms with Crippen molar-refractivity contribution in [3.63, 3.8) is 0 Å². The number of nitrogens with zero attached hydrogens (tertiary/aromatic N) is 2. The van der Waals surface area contributed by atoms with Crippen LogP contribution in [-0.4, -0.2) is 9.38 Å². The predicted molar refractivity (Wildman–Crippen MR) is 70.9 cm³/mol. The highest BCUT2D eigenvalue weighted by molar-refractivity contribution is 6.33. The fourth-order valence-corrected chi connectivity index (χ4v) is 2.03. The Morgan fingerprint density at radius 3 is 2.79 bits per heavy atom. The summed E-state index contributed by atoms with van der Waals surface area (Å²) in [6.07, 6.45) is 3.59. The summed E-state index contributed by atoms with van der Waals surface area (Å²) in [5.41, 5.74) is 1.57. The van der Waals surface area contributed by atoms with Crippen molar-refractivity contribution in [1.82, 2.24) is 9.38 Å². The van der Waals surface area contributed by atoms with Crippen LogP contribution in [0.4, 0.5) is 4.39 Å². The number of pyridine rings is 1. The highest BCUT2D eigenvalue weighted by Crippen LogP contribution is 2.18. The van der Waals surface area contributed by atoms with E-state index in [0.717, 1.165) is 5.69 Å². The van der Waals surface area contributed by atoms with Crippen molar-refractivity contribution in [2.24, 2.45) is 0 Å². The molecule has 1 aromatic carbocycles. The highest BCUT2D eigenvalue weighted by Gasteiger charge is 2.06. The second-order valence-electron chi connectivity index (χ2n) is 4.04. The van der Waals surface area contributed by atoms with Gasteiger partial charge in [-0.2, -0.15) is 0 Å². The second kappa shape index (κ2) is 4.90. The smallest absolute Gasteiger partial charge is 0.155 e. The van der Waals surface area contributed by atoms with Crippen molar-refractivity contribution in [2.75, 3.05) is 0 Å². The van der Waals surface area contributed by atoms with Gasteiger partial charge in [-0.15, -0.1) is 0 Å². The molecule has 0 radical (unpaired) electrons. The third-order valence-electron chi connectivity index (χ3n) is 2.77. The molecule has 3 rings (SSSR count). The van der Waals surface area contributed by atoms with Crippen molar-refractivity contribution in [2.45, 2.75) is 6.61 Å². The van der Waals surface area contributed by atoms with Gasteiger partial charge in [-0.1, -0.05) is 11.6 Å². The number of fused-ring (bicyclic) bond motifs is 1. The lowest BCUT2D eigenvalue weighted by atomic mass is 10.3. The molecular formula is C14H10ClFN2O. The number of halogens is 2. The first-order valence-electron chi connectivity index (χ1n) is 5.73. The summed E-state index contributed by atoms with van der Waals surface area (Å²) >= 11 is 6.04. The minimum absolute atomic E-state index is 0.283. The lowest BCUT2D eigenvalue weighted by Gasteiger charge is -2.06. The van der Waals surface area contributed by atoms with E-state index in [2.05, 4.69) is 4.98 Å². The molecule has 0 N–H and O–H groups in total. The Kier molecular flexibility index (Phi) is 3.09. The van der Waals surface area contributed by atoms with Crippen LogP contribution in [0.2, 0.25) is 5.02 Å². The Morgan fingerprint density at radius 1 is 1.21 bits per heavy atom. The van der Waals surface area contributed by atoms with Crippen LogP contribution in [-0.2, 0) is 6.61 Å². The minimum atomic E-state index is -0.283. The van der Waals surface area contributed by atoms with Crippen LogP contribution in [0.15, 0.2) is 48.8 Å². The van der Waals surface area contributed by atoms with Gasteiger partial charge in [0, 0.05) is 6.20 Å². The standard InChI is InChI=1S/C14H10ClFN2O/c15-13-2-1-7-18-11(8-17-14(13)18)9-19-12-5-3-10(16)4-6-12/h1-8H,9H2. The molecule has 0 aliphatic carbocycles. The van der Waals surface area contributed by atoms with Gasteiger partial charge in [0.25, 0.3) is 0 Å². The van der Waals surface area contributed by atoms with Crippen molar-refractivity contribution in [3.8, 4) is 5.75 Å². The molecule has 0 saturated heterocycles. The number of hydrogen-bond acceptors (Lipinski definition) is 2. The zero-order chi connectivity index (χ0) is 13.2. The van der Waals surface area contributed by atoms with Crippen LogP contribution < -0.4 is 4.74 Å². The van der Waals surface area contributed by atoms with Crippen LogP contribution >= 0.6 is 11.6 Å². The maximum atomic E-state index is 12.8. The lowest BCUT2D eigenvalue weighted by molar-refractivity contribution is 0.300. The first kappa shape index (κ1) is 12.0. The van der Waals surface area contributed by atoms with E-state index in [-0.39, 0.29) is 5.82 Å². The molecule has 0 unspecified atom stereocenters. The summed E-state index contributed by atoms with van der Waals surface area (Å²) in [5, 5.41) is 0.593. The topological polar surface area (TPSA) is 26.5 Å². The summed E-state index contributed by atoms with van der Waals surface area (Å²) < 4.78 is 20.2. The molecule has 19 heavy (non-hydrogen) atoms. The molecule has 0 fully saturated rings. The summed E-state index contributed by atoms with van der Waals surface area (Å²) in [7, 11) is 0. The van der Waals surface area contributed by atoms with Crippen molar-refractivity contribution < 1.29 is 9.13 Å². The maximum absolute atomic E-state index is 12.8. The van der Waals surface area contributed by atoms with Crippen LogP contribution in [0.3, 0.4) is 0 Å². The normalized spacial score (nSPS) is 10.8. The van der Waals surface area contributed by atoms with Gasteiger partial charge in [-0.3, -0.25) is 4.40 Å². The second-order valence-corrected chi connectivity index (χ2v) is 4.45. The largest absolute Gasteiger partial charge is 0.487 e. The zero-order valence-electron chi connectivity index (χ0n) is 9.88. The molecule has 0 saturated carbocycles. The molecule has 0 aliphatic rings. The average molecular weight is 277 g/mol. The van der Waals surface area contributed by atoms with Crippen LogP contribution in [0.5, 0.6) is 5.75 Å². The van der Waals surface area contributed by atoms with Gasteiger partial charge in [-0.05, 0) is 36.4 Å². The van der Waals surface area contributed by atoms with Crippen molar-refractivity contribution in [1.29, 1.82) is 0 Å². The van der Waals surface area contributed by atoms with Crippen LogP contribution in [0.1, 0.15) is 5.69 Å². The lowest BCUT2D eigenvalue weighted by Crippen LogP contribution is -1.99. The third kappa shape index (κ3) is 2.39. The number of imidazole rings is 1. The molecule has 2 aromatic heterocycles. The average Bonchev–Trinajstić information content (AvgIpc) is 2.83. The summed E-state index contributed by atoms with van der Waals surface area (Å²) in [4.78, 5) is 4.24. The van der Waals surface area contributed by atoms with Gasteiger partial charge in [0.05, 0.1) is 16.9 Å².